The Labute approximate surface area is 62.1 Å². The molecule has 0 saturated carbocycles. The molecule has 0 aliphatic heterocycles. The molecule has 0 radical (unpaired) electrons. The van der Waals surface area contributed by atoms with E-state index in [1.807, 2.05) is 0 Å². The van der Waals surface area contributed by atoms with Crippen molar-refractivity contribution in [3.63, 3.8) is 0 Å². The number of carboxylic acids is 1. The first-order valence-electron chi connectivity index (χ1n) is 2.48. The quantitative estimate of drug-likeness (QED) is 0.323. The Morgan fingerprint density at radius 1 is 1.55 bits per heavy atom. The predicted molar refractivity (Wildman–Crippen MR) is 34.5 cm³/mol. The minimum Gasteiger partial charge on any atom is -0.478 e. The van der Waals surface area contributed by atoms with E-state index in [-0.39, 0.29) is 12.0 Å². The van der Waals surface area contributed by atoms with Crippen molar-refractivity contribution in [1.29, 1.82) is 0 Å². The first-order chi connectivity index (χ1) is 4.57. The molecule has 0 heterocycles. The number of aliphatic carboxylic acids is 1. The molecule has 0 aromatic carbocycles. The zero-order valence-electron chi connectivity index (χ0n) is 5.57. The lowest BCUT2D eigenvalue weighted by atomic mass is 10.5. The molecule has 7 nitrogen and oxygen atoms in total. The van der Waals surface area contributed by atoms with Gasteiger partial charge in [-0.25, -0.2) is 4.79 Å². The second-order valence-electron chi connectivity index (χ2n) is 1.51. The smallest absolute Gasteiger partial charge is 0.353 e. The maximum atomic E-state index is 10.3. The lowest BCUT2D eigenvalue weighted by Crippen LogP contribution is -2.43. The van der Waals surface area contributed by atoms with Crippen molar-refractivity contribution in [2.24, 2.45) is 5.73 Å². The summed E-state index contributed by atoms with van der Waals surface area (Å²) >= 11 is 0. The SMILES string of the molecule is NCC(=O)NC(O)C(=O)O.O. The molecule has 11 heavy (non-hydrogen) atoms. The van der Waals surface area contributed by atoms with Gasteiger partial charge < -0.3 is 26.7 Å². The highest BCUT2D eigenvalue weighted by molar-refractivity contribution is 5.83. The fraction of sp³-hybridized carbons (Fsp3) is 0.500. The number of carbonyl (C=O) groups is 2. The van der Waals surface area contributed by atoms with Crippen molar-refractivity contribution in [2.75, 3.05) is 6.54 Å². The van der Waals surface area contributed by atoms with Crippen LogP contribution in [0.1, 0.15) is 0 Å². The fourth-order valence-electron chi connectivity index (χ4n) is 0.273. The molecule has 66 valence electrons. The van der Waals surface area contributed by atoms with E-state index in [1.165, 1.54) is 0 Å². The van der Waals surface area contributed by atoms with Gasteiger partial charge in [0, 0.05) is 0 Å². The number of aliphatic hydroxyl groups is 1. The Bertz CT molecular complexity index is 147. The third-order valence-corrected chi connectivity index (χ3v) is 0.717. The zero-order valence-corrected chi connectivity index (χ0v) is 5.57. The summed E-state index contributed by atoms with van der Waals surface area (Å²) in [4.78, 5) is 20.1. The van der Waals surface area contributed by atoms with Gasteiger partial charge >= 0.3 is 5.97 Å². The number of aliphatic hydroxyl groups excluding tert-OH is 1. The lowest BCUT2D eigenvalue weighted by molar-refractivity contribution is -0.151. The summed E-state index contributed by atoms with van der Waals surface area (Å²) in [6, 6.07) is 0. The van der Waals surface area contributed by atoms with Crippen molar-refractivity contribution in [1.82, 2.24) is 5.32 Å². The van der Waals surface area contributed by atoms with Crippen LogP contribution in [0.5, 0.6) is 0 Å². The summed E-state index contributed by atoms with van der Waals surface area (Å²) in [7, 11) is 0. The molecule has 0 aliphatic rings. The molecule has 0 saturated heterocycles. The molecule has 0 rings (SSSR count). The molecule has 7 N–H and O–H groups in total. The number of hydrogen-bond donors (Lipinski definition) is 4. The summed E-state index contributed by atoms with van der Waals surface area (Å²) in [6.45, 7) is -0.343. The summed E-state index contributed by atoms with van der Waals surface area (Å²) in [5, 5.41) is 18.2. The Morgan fingerprint density at radius 3 is 2.27 bits per heavy atom. The first kappa shape index (κ1) is 12.5. The van der Waals surface area contributed by atoms with Crippen LogP contribution < -0.4 is 11.1 Å². The third kappa shape index (κ3) is 5.27. The van der Waals surface area contributed by atoms with Crippen LogP contribution in [0, 0.1) is 0 Å². The highest BCUT2D eigenvalue weighted by Crippen LogP contribution is 1.74. The molecule has 0 bridgehead atoms. The minimum atomic E-state index is -1.86. The van der Waals surface area contributed by atoms with E-state index in [0.717, 1.165) is 0 Å². The Hall–Kier alpha value is -1.18. The standard InChI is InChI=1S/C4H8N2O4.H2O/c5-1-2(7)6-3(8)4(9)10;/h3,8H,1,5H2,(H,6,7)(H,9,10);1H2. The summed E-state index contributed by atoms with van der Waals surface area (Å²) in [5.41, 5.74) is 4.80. The Balaban J connectivity index is 0. The molecule has 0 aromatic heterocycles. The fourth-order valence-corrected chi connectivity index (χ4v) is 0.273. The van der Waals surface area contributed by atoms with Crippen LogP contribution in [0.3, 0.4) is 0 Å². The van der Waals surface area contributed by atoms with Crippen LogP contribution in [0.4, 0.5) is 0 Å². The second-order valence-corrected chi connectivity index (χ2v) is 1.51. The molecule has 1 unspecified atom stereocenters. The number of nitrogens with two attached hydrogens (primary N) is 1. The van der Waals surface area contributed by atoms with Crippen molar-refractivity contribution in [2.45, 2.75) is 6.23 Å². The molecule has 0 aromatic rings. The van der Waals surface area contributed by atoms with E-state index in [2.05, 4.69) is 0 Å². The lowest BCUT2D eigenvalue weighted by Gasteiger charge is -2.05. The number of carbonyl (C=O) groups excluding carboxylic acids is 1. The number of rotatable bonds is 3. The molecule has 7 heteroatoms. The molecule has 0 spiro atoms. The second kappa shape index (κ2) is 5.59. The molecule has 1 atom stereocenters. The van der Waals surface area contributed by atoms with E-state index in [1.54, 1.807) is 5.32 Å². The van der Waals surface area contributed by atoms with Gasteiger partial charge in [-0.1, -0.05) is 0 Å². The van der Waals surface area contributed by atoms with Gasteiger partial charge in [0.15, 0.2) is 0 Å². The van der Waals surface area contributed by atoms with Gasteiger partial charge in [0.2, 0.25) is 12.1 Å². The van der Waals surface area contributed by atoms with Crippen LogP contribution in [-0.2, 0) is 9.59 Å². The number of carboxylic acid groups (broad SMARTS) is 1. The van der Waals surface area contributed by atoms with Gasteiger partial charge in [-0.3, -0.25) is 4.79 Å². The number of nitrogens with one attached hydrogen (secondary N) is 1. The first-order valence-corrected chi connectivity index (χ1v) is 2.48. The van der Waals surface area contributed by atoms with Gasteiger partial charge in [-0.2, -0.15) is 0 Å². The van der Waals surface area contributed by atoms with E-state index in [0.29, 0.717) is 0 Å². The highest BCUT2D eigenvalue weighted by atomic mass is 16.4. The van der Waals surface area contributed by atoms with Crippen molar-refractivity contribution >= 4 is 11.9 Å². The number of amides is 1. The molecule has 0 aliphatic carbocycles. The van der Waals surface area contributed by atoms with E-state index in [4.69, 9.17) is 15.9 Å². The third-order valence-electron chi connectivity index (χ3n) is 0.717. The normalized spacial score (nSPS) is 11.1. The Morgan fingerprint density at radius 2 is 2.00 bits per heavy atom. The molecular weight excluding hydrogens is 156 g/mol. The van der Waals surface area contributed by atoms with Gasteiger partial charge in [0.1, 0.15) is 0 Å². The predicted octanol–water partition coefficient (Wildman–Crippen LogP) is -3.36. The van der Waals surface area contributed by atoms with E-state index < -0.39 is 18.1 Å². The van der Waals surface area contributed by atoms with Gasteiger partial charge in [0.25, 0.3) is 0 Å². The van der Waals surface area contributed by atoms with Crippen molar-refractivity contribution < 1.29 is 25.3 Å². The largest absolute Gasteiger partial charge is 0.478 e. The average molecular weight is 166 g/mol. The van der Waals surface area contributed by atoms with Crippen molar-refractivity contribution in [3.8, 4) is 0 Å². The van der Waals surface area contributed by atoms with Crippen LogP contribution in [0.25, 0.3) is 0 Å². The summed E-state index contributed by atoms with van der Waals surface area (Å²) in [6.07, 6.45) is -1.86. The van der Waals surface area contributed by atoms with Gasteiger partial charge in [-0.05, 0) is 0 Å². The summed E-state index contributed by atoms with van der Waals surface area (Å²) in [5.74, 6) is -2.23. The highest BCUT2D eigenvalue weighted by Gasteiger charge is 2.13. The van der Waals surface area contributed by atoms with E-state index >= 15 is 0 Å². The van der Waals surface area contributed by atoms with Gasteiger partial charge in [0.05, 0.1) is 6.54 Å². The molecular formula is C4H10N2O5. The Kier molecular flexibility index (Phi) is 6.35. The summed E-state index contributed by atoms with van der Waals surface area (Å²) < 4.78 is 0. The van der Waals surface area contributed by atoms with E-state index in [9.17, 15) is 9.59 Å². The van der Waals surface area contributed by atoms with Crippen LogP contribution >= 0.6 is 0 Å². The monoisotopic (exact) mass is 166 g/mol. The maximum absolute atomic E-state index is 10.3. The molecule has 0 fully saturated rings. The van der Waals surface area contributed by atoms with Crippen LogP contribution in [0.15, 0.2) is 0 Å². The van der Waals surface area contributed by atoms with Crippen molar-refractivity contribution in [3.05, 3.63) is 0 Å². The average Bonchev–Trinajstić information content (AvgIpc) is 1.87. The van der Waals surface area contributed by atoms with Gasteiger partial charge in [-0.15, -0.1) is 0 Å². The van der Waals surface area contributed by atoms with Crippen LogP contribution in [-0.4, -0.2) is 40.3 Å². The molecule has 1 amide bonds. The maximum Gasteiger partial charge on any atom is 0.353 e. The number of hydrogen-bond acceptors (Lipinski definition) is 4. The zero-order chi connectivity index (χ0) is 8.15. The topological polar surface area (TPSA) is 144 Å². The minimum absolute atomic E-state index is 0. The van der Waals surface area contributed by atoms with Crippen LogP contribution in [0.2, 0.25) is 0 Å².